The van der Waals surface area contributed by atoms with Gasteiger partial charge in [0, 0.05) is 42.5 Å². The van der Waals surface area contributed by atoms with Gasteiger partial charge in [0.15, 0.2) is 0 Å². The van der Waals surface area contributed by atoms with E-state index in [0.717, 1.165) is 23.2 Å². The number of nitrogens with one attached hydrogen (secondary N) is 2. The summed E-state index contributed by atoms with van der Waals surface area (Å²) in [6.45, 7) is 1.88. The van der Waals surface area contributed by atoms with Crippen LogP contribution in [-0.4, -0.2) is 22.8 Å². The van der Waals surface area contributed by atoms with Gasteiger partial charge in [-0.1, -0.05) is 48.5 Å². The van der Waals surface area contributed by atoms with Crippen LogP contribution in [0.1, 0.15) is 16.7 Å². The lowest BCUT2D eigenvalue weighted by Crippen LogP contribution is -2.39. The summed E-state index contributed by atoms with van der Waals surface area (Å²) in [6.07, 6.45) is 0.821. The Hall–Kier alpha value is -3.02. The van der Waals surface area contributed by atoms with Crippen molar-refractivity contribution in [3.05, 3.63) is 89.5 Å². The topological polar surface area (TPSA) is 90.5 Å². The average molecular weight is 377 g/mol. The minimum atomic E-state index is 0.147. The number of phenols is 2. The van der Waals surface area contributed by atoms with Crippen LogP contribution in [0.5, 0.6) is 11.5 Å². The minimum absolute atomic E-state index is 0.147. The van der Waals surface area contributed by atoms with Crippen molar-refractivity contribution >= 4 is 5.69 Å². The quantitative estimate of drug-likeness (QED) is 0.370. The van der Waals surface area contributed by atoms with E-state index in [1.807, 2.05) is 60.7 Å². The Morgan fingerprint density at radius 3 is 1.93 bits per heavy atom. The molecular formula is C23H27N3O2. The molecule has 0 saturated heterocycles. The molecule has 0 spiro atoms. The van der Waals surface area contributed by atoms with Crippen LogP contribution in [0.2, 0.25) is 0 Å². The number of aromatic hydroxyl groups is 2. The second kappa shape index (κ2) is 9.78. The minimum Gasteiger partial charge on any atom is -0.508 e. The van der Waals surface area contributed by atoms with Crippen molar-refractivity contribution in [3.63, 3.8) is 0 Å². The number of benzene rings is 3. The van der Waals surface area contributed by atoms with Crippen LogP contribution in [0, 0.1) is 0 Å². The molecule has 146 valence electrons. The maximum Gasteiger partial charge on any atom is 0.120 e. The Bertz CT molecular complexity index is 881. The molecule has 0 aliphatic carbocycles. The van der Waals surface area contributed by atoms with Gasteiger partial charge in [0.25, 0.3) is 0 Å². The third kappa shape index (κ3) is 5.74. The average Bonchev–Trinajstić information content (AvgIpc) is 2.70. The summed E-state index contributed by atoms with van der Waals surface area (Å²) >= 11 is 0. The highest BCUT2D eigenvalue weighted by molar-refractivity contribution is 5.39. The maximum atomic E-state index is 10.0. The Balaban J connectivity index is 1.62. The number of anilines is 1. The molecule has 0 amide bonds. The number of phenolic OH excluding ortho intramolecular Hbond substituents is 2. The third-order valence-electron chi connectivity index (χ3n) is 4.73. The van der Waals surface area contributed by atoms with Crippen LogP contribution in [-0.2, 0) is 19.5 Å². The fourth-order valence-corrected chi connectivity index (χ4v) is 3.11. The molecule has 28 heavy (non-hydrogen) atoms. The highest BCUT2D eigenvalue weighted by Crippen LogP contribution is 2.17. The normalized spacial score (nSPS) is 12.0. The first-order valence-electron chi connectivity index (χ1n) is 9.44. The summed E-state index contributed by atoms with van der Waals surface area (Å²) in [4.78, 5) is 0. The molecule has 3 aromatic rings. The van der Waals surface area contributed by atoms with Gasteiger partial charge in [-0.15, -0.1) is 0 Å². The zero-order chi connectivity index (χ0) is 19.8. The molecule has 6 N–H and O–H groups in total. The van der Waals surface area contributed by atoms with Gasteiger partial charge in [0.1, 0.15) is 11.5 Å². The Morgan fingerprint density at radius 1 is 0.750 bits per heavy atom. The lowest BCUT2D eigenvalue weighted by atomic mass is 10.0. The van der Waals surface area contributed by atoms with E-state index in [1.165, 1.54) is 5.56 Å². The molecule has 0 fully saturated rings. The van der Waals surface area contributed by atoms with E-state index in [9.17, 15) is 10.2 Å². The van der Waals surface area contributed by atoms with E-state index in [4.69, 9.17) is 5.73 Å². The van der Waals surface area contributed by atoms with Crippen molar-refractivity contribution in [2.75, 3.05) is 12.3 Å². The SMILES string of the molecule is Nc1ccc(CC(CNCc2ccccc2O)NCc2ccccc2O)cc1. The number of nitrogens with two attached hydrogens (primary N) is 1. The van der Waals surface area contributed by atoms with Gasteiger partial charge in [0.05, 0.1) is 0 Å². The molecule has 0 bridgehead atoms. The van der Waals surface area contributed by atoms with Gasteiger partial charge >= 0.3 is 0 Å². The van der Waals surface area contributed by atoms with Gasteiger partial charge in [-0.25, -0.2) is 0 Å². The monoisotopic (exact) mass is 377 g/mol. The number of nitrogen functional groups attached to an aromatic ring is 1. The van der Waals surface area contributed by atoms with E-state index < -0.39 is 0 Å². The molecule has 1 atom stereocenters. The van der Waals surface area contributed by atoms with Crippen molar-refractivity contribution in [3.8, 4) is 11.5 Å². The van der Waals surface area contributed by atoms with Gasteiger partial charge in [-0.2, -0.15) is 0 Å². The molecular weight excluding hydrogens is 350 g/mol. The number of rotatable bonds is 9. The van der Waals surface area contributed by atoms with Gasteiger partial charge in [-0.3, -0.25) is 0 Å². The summed E-state index contributed by atoms with van der Waals surface area (Å²) in [6, 6.07) is 22.7. The maximum absolute atomic E-state index is 10.0. The third-order valence-corrected chi connectivity index (χ3v) is 4.73. The molecule has 0 aromatic heterocycles. The van der Waals surface area contributed by atoms with E-state index >= 15 is 0 Å². The van der Waals surface area contributed by atoms with E-state index in [1.54, 1.807) is 12.1 Å². The van der Waals surface area contributed by atoms with Crippen LogP contribution in [0.25, 0.3) is 0 Å². The molecule has 0 saturated carbocycles. The predicted molar refractivity (Wildman–Crippen MR) is 113 cm³/mol. The first kappa shape index (κ1) is 19.7. The number of hydrogen-bond acceptors (Lipinski definition) is 5. The smallest absolute Gasteiger partial charge is 0.120 e. The summed E-state index contributed by atoms with van der Waals surface area (Å²) in [5.74, 6) is 0.593. The molecule has 3 rings (SSSR count). The van der Waals surface area contributed by atoms with E-state index in [0.29, 0.717) is 31.1 Å². The lowest BCUT2D eigenvalue weighted by molar-refractivity contribution is 0.437. The summed E-state index contributed by atoms with van der Waals surface area (Å²) in [5, 5.41) is 26.9. The van der Waals surface area contributed by atoms with Crippen LogP contribution in [0.4, 0.5) is 5.69 Å². The van der Waals surface area contributed by atoms with Crippen molar-refractivity contribution in [2.45, 2.75) is 25.6 Å². The molecule has 0 radical (unpaired) electrons. The Kier molecular flexibility index (Phi) is 6.89. The Morgan fingerprint density at radius 2 is 1.32 bits per heavy atom. The van der Waals surface area contributed by atoms with E-state index in [2.05, 4.69) is 10.6 Å². The van der Waals surface area contributed by atoms with Crippen molar-refractivity contribution in [1.29, 1.82) is 0 Å². The molecule has 0 heterocycles. The van der Waals surface area contributed by atoms with Crippen molar-refractivity contribution in [1.82, 2.24) is 10.6 Å². The largest absolute Gasteiger partial charge is 0.508 e. The van der Waals surface area contributed by atoms with Crippen LogP contribution in [0.15, 0.2) is 72.8 Å². The molecule has 3 aromatic carbocycles. The summed E-state index contributed by atoms with van der Waals surface area (Å²) in [7, 11) is 0. The van der Waals surface area contributed by atoms with Crippen molar-refractivity contribution in [2.24, 2.45) is 0 Å². The first-order chi connectivity index (χ1) is 13.6. The van der Waals surface area contributed by atoms with Crippen LogP contribution >= 0.6 is 0 Å². The summed E-state index contributed by atoms with van der Waals surface area (Å²) in [5.41, 5.74) is 9.46. The standard InChI is InChI=1S/C23H27N3O2/c24-20-11-9-17(10-12-20)13-21(26-15-19-6-2-4-8-23(19)28)16-25-14-18-5-1-3-7-22(18)27/h1-12,21,25-28H,13-16,24H2. The van der Waals surface area contributed by atoms with E-state index in [-0.39, 0.29) is 6.04 Å². The zero-order valence-electron chi connectivity index (χ0n) is 15.8. The molecule has 0 aliphatic rings. The second-order valence-corrected chi connectivity index (χ2v) is 6.91. The van der Waals surface area contributed by atoms with Crippen LogP contribution in [0.3, 0.4) is 0 Å². The van der Waals surface area contributed by atoms with Gasteiger partial charge in [0.2, 0.25) is 0 Å². The van der Waals surface area contributed by atoms with Gasteiger partial charge in [-0.05, 0) is 36.2 Å². The van der Waals surface area contributed by atoms with Gasteiger partial charge < -0.3 is 26.6 Å². The highest BCUT2D eigenvalue weighted by atomic mass is 16.3. The lowest BCUT2D eigenvalue weighted by Gasteiger charge is -2.20. The molecule has 5 heteroatoms. The molecule has 5 nitrogen and oxygen atoms in total. The fourth-order valence-electron chi connectivity index (χ4n) is 3.11. The Labute approximate surface area is 165 Å². The molecule has 1 unspecified atom stereocenters. The highest BCUT2D eigenvalue weighted by Gasteiger charge is 2.11. The number of para-hydroxylation sites is 2. The van der Waals surface area contributed by atoms with Crippen molar-refractivity contribution < 1.29 is 10.2 Å². The second-order valence-electron chi connectivity index (χ2n) is 6.91. The fraction of sp³-hybridized carbons (Fsp3) is 0.217. The molecule has 0 aliphatic heterocycles. The van der Waals surface area contributed by atoms with Crippen LogP contribution < -0.4 is 16.4 Å². The zero-order valence-corrected chi connectivity index (χ0v) is 15.8. The predicted octanol–water partition coefficient (Wildman–Crippen LogP) is 3.17. The first-order valence-corrected chi connectivity index (χ1v) is 9.44. The number of hydrogen-bond donors (Lipinski definition) is 5. The summed E-state index contributed by atoms with van der Waals surface area (Å²) < 4.78 is 0.